The molecule has 3 aromatic carbocycles. The first kappa shape index (κ1) is 67.7. The average Bonchev–Trinajstić information content (AvgIpc) is 3.41. The van der Waals surface area contributed by atoms with Gasteiger partial charge in [0.15, 0.2) is 0 Å². The summed E-state index contributed by atoms with van der Waals surface area (Å²) in [5.41, 5.74) is 4.48. The van der Waals surface area contributed by atoms with Crippen LogP contribution in [-0.2, 0) is 112 Å². The van der Waals surface area contributed by atoms with E-state index in [2.05, 4.69) is 0 Å². The molecular formula is C54H87KO18. The van der Waals surface area contributed by atoms with Crippen molar-refractivity contribution in [1.29, 1.82) is 0 Å². The molecule has 0 aliphatic carbocycles. The van der Waals surface area contributed by atoms with Crippen molar-refractivity contribution in [1.82, 2.24) is 0 Å². The Morgan fingerprint density at radius 3 is 0.521 bits per heavy atom. The Hall–Kier alpha value is -1.42. The molecule has 3 aromatic rings. The largest absolute Gasteiger partial charge is 1.00 e. The third kappa shape index (κ3) is 45.3. The second-order valence-electron chi connectivity index (χ2n) is 15.5. The predicted molar refractivity (Wildman–Crippen MR) is 271 cm³/mol. The van der Waals surface area contributed by atoms with Crippen molar-refractivity contribution in [2.24, 2.45) is 0 Å². The first-order chi connectivity index (χ1) is 35.9. The maximum absolute atomic E-state index is 5.85. The van der Waals surface area contributed by atoms with E-state index in [0.29, 0.717) is 238 Å². The van der Waals surface area contributed by atoms with Gasteiger partial charge in [-0.3, -0.25) is 0 Å². The molecule has 0 bridgehead atoms. The summed E-state index contributed by atoms with van der Waals surface area (Å²) in [6.07, 6.45) is 0. The Balaban J connectivity index is 0.0000137. The molecule has 0 N–H and O–H groups in total. The average molecular weight is 1060 g/mol. The second kappa shape index (κ2) is 55.3. The minimum atomic E-state index is 0. The second-order valence-corrected chi connectivity index (χ2v) is 15.5. The van der Waals surface area contributed by atoms with Gasteiger partial charge in [-0.1, -0.05) is 84.9 Å². The van der Waals surface area contributed by atoms with Gasteiger partial charge in [-0.15, -0.1) is 0 Å². The molecule has 0 spiro atoms. The summed E-state index contributed by atoms with van der Waals surface area (Å²) >= 11 is 0. The quantitative estimate of drug-likeness (QED) is 0.0598. The molecule has 0 amide bonds. The fourth-order valence-corrected chi connectivity index (χ4v) is 6.05. The predicted octanol–water partition coefficient (Wildman–Crippen LogP) is 2.50. The summed E-state index contributed by atoms with van der Waals surface area (Å²) in [4.78, 5) is 0. The Morgan fingerprint density at radius 1 is 0.178 bits per heavy atom. The molecule has 73 heavy (non-hydrogen) atoms. The van der Waals surface area contributed by atoms with E-state index in [0.717, 1.165) is 22.3 Å². The topological polar surface area (TPSA) is 166 Å². The standard InChI is InChI=1S/C54H86O18.K.H/c1-3-9-51(10-4-1)47-69-43-39-65-35-31-61-27-23-57-19-15-55-17-21-59-25-29-63-33-37-67-41-45-71-49-53-13-7-8-14-54(53)50-72-46-42-68-38-34-64-30-26-60-22-18-56-16-20-58-24-28-62-32-36-66-40-44-70-48-52-11-5-2-6-12-52;;/h1-14H,15-50H2;;/q;+1;-1. The van der Waals surface area contributed by atoms with Gasteiger partial charge in [0.2, 0.25) is 0 Å². The van der Waals surface area contributed by atoms with Crippen LogP contribution in [0.15, 0.2) is 84.9 Å². The van der Waals surface area contributed by atoms with Crippen molar-refractivity contribution >= 4 is 0 Å². The molecule has 0 saturated carbocycles. The minimum Gasteiger partial charge on any atom is -1.00 e. The molecule has 0 heterocycles. The van der Waals surface area contributed by atoms with Crippen LogP contribution in [0.3, 0.4) is 0 Å². The summed E-state index contributed by atoms with van der Waals surface area (Å²) < 4.78 is 101. The zero-order chi connectivity index (χ0) is 50.4. The number of ether oxygens (including phenoxy) is 18. The molecule has 19 heteroatoms. The van der Waals surface area contributed by atoms with Crippen LogP contribution in [0.5, 0.6) is 0 Å². The normalized spacial score (nSPS) is 11.4. The van der Waals surface area contributed by atoms with Gasteiger partial charge in [0.25, 0.3) is 0 Å². The molecule has 3 rings (SSSR count). The smallest absolute Gasteiger partial charge is 1.00 e. The molecule has 0 unspecified atom stereocenters. The third-order valence-electron chi connectivity index (χ3n) is 9.81. The van der Waals surface area contributed by atoms with Crippen LogP contribution in [0.2, 0.25) is 0 Å². The molecule has 0 aliphatic heterocycles. The van der Waals surface area contributed by atoms with Gasteiger partial charge in [-0.2, -0.15) is 0 Å². The molecule has 18 nitrogen and oxygen atoms in total. The van der Waals surface area contributed by atoms with Crippen LogP contribution in [0, 0.1) is 0 Å². The molecule has 0 aliphatic rings. The Labute approximate surface area is 479 Å². The third-order valence-corrected chi connectivity index (χ3v) is 9.81. The van der Waals surface area contributed by atoms with Crippen LogP contribution in [0.25, 0.3) is 0 Å². The Kier molecular flexibility index (Phi) is 51.3. The maximum atomic E-state index is 5.85. The summed E-state index contributed by atoms with van der Waals surface area (Å²) in [5, 5.41) is 0. The van der Waals surface area contributed by atoms with Crippen LogP contribution in [0.4, 0.5) is 0 Å². The number of rotatable bonds is 56. The molecule has 0 saturated heterocycles. The van der Waals surface area contributed by atoms with Gasteiger partial charge < -0.3 is 86.7 Å². The summed E-state index contributed by atoms with van der Waals surface area (Å²) in [6, 6.07) is 28.2. The Bertz CT molecular complexity index is 1430. The number of hydrogen-bond donors (Lipinski definition) is 0. The van der Waals surface area contributed by atoms with E-state index in [1.54, 1.807) is 0 Å². The van der Waals surface area contributed by atoms with Gasteiger partial charge >= 0.3 is 51.4 Å². The molecule has 0 atom stereocenters. The first-order valence-corrected chi connectivity index (χ1v) is 25.5. The van der Waals surface area contributed by atoms with Crippen molar-refractivity contribution in [2.75, 3.05) is 211 Å². The fraction of sp³-hybridized carbons (Fsp3) is 0.667. The van der Waals surface area contributed by atoms with Crippen LogP contribution in [0.1, 0.15) is 23.7 Å². The van der Waals surface area contributed by atoms with Crippen LogP contribution < -0.4 is 51.4 Å². The van der Waals surface area contributed by atoms with Gasteiger partial charge in [-0.05, 0) is 22.3 Å². The molecule has 0 fully saturated rings. The van der Waals surface area contributed by atoms with Crippen LogP contribution >= 0.6 is 0 Å². The van der Waals surface area contributed by atoms with E-state index in [1.807, 2.05) is 84.9 Å². The molecule has 412 valence electrons. The summed E-state index contributed by atoms with van der Waals surface area (Å²) in [5.74, 6) is 0. The molecule has 0 radical (unpaired) electrons. The molecule has 0 aromatic heterocycles. The molecular weight excluding hydrogens is 976 g/mol. The summed E-state index contributed by atoms with van der Waals surface area (Å²) in [6.45, 7) is 18.4. The number of hydrogen-bond acceptors (Lipinski definition) is 18. The van der Waals surface area contributed by atoms with Crippen molar-refractivity contribution in [3.8, 4) is 0 Å². The zero-order valence-corrected chi connectivity index (χ0v) is 47.0. The monoisotopic (exact) mass is 1060 g/mol. The van der Waals surface area contributed by atoms with E-state index >= 15 is 0 Å². The van der Waals surface area contributed by atoms with E-state index in [4.69, 9.17) is 85.3 Å². The van der Waals surface area contributed by atoms with E-state index in [1.165, 1.54) is 0 Å². The van der Waals surface area contributed by atoms with Crippen molar-refractivity contribution in [2.45, 2.75) is 26.4 Å². The van der Waals surface area contributed by atoms with E-state index in [9.17, 15) is 0 Å². The maximum Gasteiger partial charge on any atom is 1.00 e. The summed E-state index contributed by atoms with van der Waals surface area (Å²) in [7, 11) is 0. The van der Waals surface area contributed by atoms with Gasteiger partial charge in [0.1, 0.15) is 0 Å². The zero-order valence-electron chi connectivity index (χ0n) is 44.9. The van der Waals surface area contributed by atoms with Crippen molar-refractivity contribution in [3.05, 3.63) is 107 Å². The Morgan fingerprint density at radius 2 is 0.329 bits per heavy atom. The van der Waals surface area contributed by atoms with Gasteiger partial charge in [-0.25, -0.2) is 0 Å². The van der Waals surface area contributed by atoms with E-state index in [-0.39, 0.29) is 52.8 Å². The van der Waals surface area contributed by atoms with E-state index < -0.39 is 0 Å². The van der Waals surface area contributed by atoms with Crippen molar-refractivity contribution < 1.29 is 138 Å². The van der Waals surface area contributed by atoms with Crippen molar-refractivity contribution in [3.63, 3.8) is 0 Å². The SMILES string of the molecule is [H-].[K+].c1ccc(COCCOCCOCCOCCOCCOCCOCCOCCOCc2ccccc2COCCOCCOCCOCCOCCOCCOCCOCCOCc2ccccc2)cc1. The number of benzene rings is 3. The first-order valence-electron chi connectivity index (χ1n) is 25.5. The minimum absolute atomic E-state index is 0. The van der Waals surface area contributed by atoms with Gasteiger partial charge in [0, 0.05) is 0 Å². The van der Waals surface area contributed by atoms with Crippen LogP contribution in [-0.4, -0.2) is 211 Å². The van der Waals surface area contributed by atoms with Gasteiger partial charge in [0.05, 0.1) is 238 Å². The fourth-order valence-electron chi connectivity index (χ4n) is 6.05.